The first kappa shape index (κ1) is 15.7. The van der Waals surface area contributed by atoms with Crippen LogP contribution in [0.5, 0.6) is 0 Å². The van der Waals surface area contributed by atoms with Gasteiger partial charge in [0.15, 0.2) is 9.79 Å². The van der Waals surface area contributed by atoms with Crippen molar-refractivity contribution in [1.82, 2.24) is 0 Å². The van der Waals surface area contributed by atoms with Gasteiger partial charge in [0, 0.05) is 34.8 Å². The zero-order valence-electron chi connectivity index (χ0n) is 11.6. The summed E-state index contributed by atoms with van der Waals surface area (Å²) in [5.41, 5.74) is 7.53. The van der Waals surface area contributed by atoms with E-state index in [1.807, 2.05) is 6.92 Å². The highest BCUT2D eigenvalue weighted by Crippen LogP contribution is 2.29. The lowest BCUT2D eigenvalue weighted by molar-refractivity contribution is -0.114. The van der Waals surface area contributed by atoms with E-state index in [2.05, 4.69) is 5.32 Å². The summed E-state index contributed by atoms with van der Waals surface area (Å²) in [6, 6.07) is 10.1. The monoisotopic (exact) mass is 322 g/mol. The quantitative estimate of drug-likeness (QED) is 0.672. The molecule has 0 fully saturated rings. The first-order chi connectivity index (χ1) is 9.88. The summed E-state index contributed by atoms with van der Waals surface area (Å²) < 4.78 is 12.6. The molecule has 1 unspecified atom stereocenters. The topological polar surface area (TPSA) is 78.2 Å². The van der Waals surface area contributed by atoms with Crippen molar-refractivity contribution in [2.75, 3.05) is 11.1 Å². The highest BCUT2D eigenvalue weighted by Gasteiger charge is 2.19. The molecule has 2 rings (SSSR count). The van der Waals surface area contributed by atoms with Gasteiger partial charge in [0.1, 0.15) is 0 Å². The lowest BCUT2D eigenvalue weighted by atomic mass is 10.2. The number of anilines is 2. The van der Waals surface area contributed by atoms with Crippen LogP contribution in [0.3, 0.4) is 0 Å². The number of hydrogen-bond acceptors (Lipinski definition) is 3. The van der Waals surface area contributed by atoms with Gasteiger partial charge < -0.3 is 15.6 Å². The summed E-state index contributed by atoms with van der Waals surface area (Å²) in [6.45, 7) is 3.25. The van der Waals surface area contributed by atoms with Crippen molar-refractivity contribution in [2.45, 2.75) is 23.6 Å². The predicted molar refractivity (Wildman–Crippen MR) is 86.0 cm³/mol. The number of nitrogen functional groups attached to an aromatic ring is 1. The fraction of sp³-hybridized carbons (Fsp3) is 0.133. The minimum atomic E-state index is -1.37. The Labute approximate surface area is 131 Å². The Kier molecular flexibility index (Phi) is 4.77. The number of hydrogen-bond donors (Lipinski definition) is 2. The molecule has 0 radical (unpaired) electrons. The molecule has 110 valence electrons. The molecule has 21 heavy (non-hydrogen) atoms. The third-order valence-corrected chi connectivity index (χ3v) is 4.66. The summed E-state index contributed by atoms with van der Waals surface area (Å²) >= 11 is 4.54. The van der Waals surface area contributed by atoms with E-state index in [0.717, 1.165) is 5.56 Å². The maximum absolute atomic E-state index is 12.6. The molecule has 2 aromatic carbocycles. The second kappa shape index (κ2) is 6.39. The first-order valence-electron chi connectivity index (χ1n) is 6.23. The number of rotatable bonds is 3. The third-order valence-electron chi connectivity index (χ3n) is 2.89. The maximum atomic E-state index is 12.6. The maximum Gasteiger partial charge on any atom is 0.221 e. The Hall–Kier alpha value is -1.69. The van der Waals surface area contributed by atoms with E-state index in [0.29, 0.717) is 26.2 Å². The highest BCUT2D eigenvalue weighted by molar-refractivity contribution is 7.91. The van der Waals surface area contributed by atoms with Crippen LogP contribution in [0.1, 0.15) is 12.5 Å². The van der Waals surface area contributed by atoms with Crippen molar-refractivity contribution in [2.24, 2.45) is 0 Å². The van der Waals surface area contributed by atoms with E-state index in [-0.39, 0.29) is 5.91 Å². The molecule has 0 spiro atoms. The molecule has 4 nitrogen and oxygen atoms in total. The van der Waals surface area contributed by atoms with Crippen LogP contribution in [-0.4, -0.2) is 10.5 Å². The third kappa shape index (κ3) is 3.69. The zero-order chi connectivity index (χ0) is 15.6. The number of aryl methyl sites for hydroxylation is 1. The van der Waals surface area contributed by atoms with Gasteiger partial charge in [-0.2, -0.15) is 0 Å². The van der Waals surface area contributed by atoms with Crippen LogP contribution in [0.2, 0.25) is 5.02 Å². The lowest BCUT2D eigenvalue weighted by Crippen LogP contribution is -2.10. The Morgan fingerprint density at radius 1 is 1.29 bits per heavy atom. The second-order valence-corrected chi connectivity index (χ2v) is 6.49. The molecular weight excluding hydrogens is 308 g/mol. The standard InChI is InChI=1S/C15H15ClN2O2S/c1-9-7-11(16)3-6-15(9)21(20)12-4-5-13(17)14(8-12)18-10(2)19/h3-8H,17H2,1-2H3,(H,18,19). The fourth-order valence-electron chi connectivity index (χ4n) is 1.90. The average Bonchev–Trinajstić information content (AvgIpc) is 2.40. The van der Waals surface area contributed by atoms with Crippen molar-refractivity contribution in [3.63, 3.8) is 0 Å². The molecule has 0 aliphatic rings. The number of halogens is 1. The smallest absolute Gasteiger partial charge is 0.221 e. The van der Waals surface area contributed by atoms with Crippen LogP contribution >= 0.6 is 11.6 Å². The zero-order valence-corrected chi connectivity index (χ0v) is 13.2. The molecule has 6 heteroatoms. The molecule has 0 saturated heterocycles. The average molecular weight is 323 g/mol. The van der Waals surface area contributed by atoms with E-state index >= 15 is 0 Å². The number of nitrogens with one attached hydrogen (secondary N) is 1. The van der Waals surface area contributed by atoms with E-state index < -0.39 is 11.2 Å². The SMILES string of the molecule is CC(=O)Nc1cc([S+]([O-])c2ccc(Cl)cc2C)ccc1N. The van der Waals surface area contributed by atoms with Crippen molar-refractivity contribution < 1.29 is 9.35 Å². The van der Waals surface area contributed by atoms with Gasteiger partial charge in [0.05, 0.1) is 11.4 Å². The summed E-state index contributed by atoms with van der Waals surface area (Å²) in [5, 5.41) is 3.23. The number of amides is 1. The summed E-state index contributed by atoms with van der Waals surface area (Å²) in [6.07, 6.45) is 0. The Morgan fingerprint density at radius 2 is 2.00 bits per heavy atom. The van der Waals surface area contributed by atoms with Crippen LogP contribution < -0.4 is 11.1 Å². The molecule has 0 aromatic heterocycles. The molecule has 2 aromatic rings. The second-order valence-electron chi connectivity index (χ2n) is 4.61. The van der Waals surface area contributed by atoms with Crippen molar-refractivity contribution >= 4 is 40.1 Å². The van der Waals surface area contributed by atoms with Gasteiger partial charge in [-0.3, -0.25) is 4.79 Å². The van der Waals surface area contributed by atoms with E-state index in [4.69, 9.17) is 17.3 Å². The van der Waals surface area contributed by atoms with Gasteiger partial charge >= 0.3 is 0 Å². The highest BCUT2D eigenvalue weighted by atomic mass is 35.5. The Morgan fingerprint density at radius 3 is 2.62 bits per heavy atom. The van der Waals surface area contributed by atoms with Gasteiger partial charge in [-0.25, -0.2) is 0 Å². The van der Waals surface area contributed by atoms with Crippen LogP contribution in [0.15, 0.2) is 46.2 Å². The number of nitrogens with two attached hydrogens (primary N) is 1. The first-order valence-corrected chi connectivity index (χ1v) is 7.76. The molecule has 3 N–H and O–H groups in total. The van der Waals surface area contributed by atoms with Gasteiger partial charge in [-0.15, -0.1) is 0 Å². The van der Waals surface area contributed by atoms with E-state index in [1.54, 1.807) is 36.4 Å². The predicted octanol–water partition coefficient (Wildman–Crippen LogP) is 3.36. The van der Waals surface area contributed by atoms with E-state index in [9.17, 15) is 9.35 Å². The normalized spacial score (nSPS) is 12.0. The molecule has 0 aliphatic carbocycles. The van der Waals surface area contributed by atoms with Gasteiger partial charge in [0.2, 0.25) is 5.91 Å². The summed E-state index contributed by atoms with van der Waals surface area (Å²) in [5.74, 6) is -0.229. The fourth-order valence-corrected chi connectivity index (χ4v) is 3.34. The molecule has 1 amide bonds. The molecule has 1 atom stereocenters. The number of carbonyl (C=O) groups is 1. The van der Waals surface area contributed by atoms with Crippen molar-refractivity contribution in [3.05, 3.63) is 47.0 Å². The van der Waals surface area contributed by atoms with Gasteiger partial charge in [-0.1, -0.05) is 11.6 Å². The minimum absolute atomic E-state index is 0.229. The molecule has 0 saturated carbocycles. The molecule has 0 bridgehead atoms. The number of carbonyl (C=O) groups excluding carboxylic acids is 1. The van der Waals surface area contributed by atoms with Gasteiger partial charge in [0.25, 0.3) is 0 Å². The minimum Gasteiger partial charge on any atom is -0.606 e. The Balaban J connectivity index is 2.39. The molecular formula is C15H15ClN2O2S. The summed E-state index contributed by atoms with van der Waals surface area (Å²) in [7, 11) is 0. The van der Waals surface area contributed by atoms with Crippen LogP contribution in [0, 0.1) is 6.92 Å². The molecule has 0 aliphatic heterocycles. The van der Waals surface area contributed by atoms with Crippen molar-refractivity contribution in [3.8, 4) is 0 Å². The molecule has 0 heterocycles. The Bertz CT molecular complexity index is 691. The van der Waals surface area contributed by atoms with E-state index in [1.165, 1.54) is 6.92 Å². The van der Waals surface area contributed by atoms with Crippen LogP contribution in [0.4, 0.5) is 11.4 Å². The van der Waals surface area contributed by atoms with Gasteiger partial charge in [-0.05, 0) is 37.3 Å². The number of benzene rings is 2. The van der Waals surface area contributed by atoms with Crippen LogP contribution in [-0.2, 0) is 16.0 Å². The summed E-state index contributed by atoms with van der Waals surface area (Å²) in [4.78, 5) is 12.4. The largest absolute Gasteiger partial charge is 0.606 e. The lowest BCUT2D eigenvalue weighted by Gasteiger charge is -2.14. The van der Waals surface area contributed by atoms with Crippen LogP contribution in [0.25, 0.3) is 0 Å². The van der Waals surface area contributed by atoms with Crippen molar-refractivity contribution in [1.29, 1.82) is 0 Å².